The third-order valence-corrected chi connectivity index (χ3v) is 3.48. The maximum atomic E-state index is 8.70. The topological polar surface area (TPSA) is 36.7 Å². The number of halogens is 1. The molecule has 64 valence electrons. The van der Waals surface area contributed by atoms with E-state index < -0.39 is 0 Å². The van der Waals surface area contributed by atoms with Crippen LogP contribution < -0.4 is 0 Å². The van der Waals surface area contributed by atoms with Gasteiger partial charge in [0.05, 0.1) is 10.6 Å². The minimum absolute atomic E-state index is 0.204. The molecule has 0 saturated heterocycles. The third-order valence-electron chi connectivity index (χ3n) is 1.78. The number of nitriles is 1. The molecule has 0 bridgehead atoms. The molecule has 0 spiro atoms. The Hall–Kier alpha value is -1.11. The number of aromatic nitrogens is 1. The third kappa shape index (κ3) is 1.19. The van der Waals surface area contributed by atoms with Gasteiger partial charge in [0.25, 0.3) is 0 Å². The molecule has 0 N–H and O–H groups in total. The quantitative estimate of drug-likeness (QED) is 0.615. The van der Waals surface area contributed by atoms with E-state index in [2.05, 4.69) is 10.9 Å². The summed E-state index contributed by atoms with van der Waals surface area (Å²) < 4.78 is 0. The molecule has 2 heterocycles. The summed E-state index contributed by atoms with van der Waals surface area (Å²) in [5.74, 6) is 3.91. The highest BCUT2D eigenvalue weighted by atomic mass is 35.5. The van der Waals surface area contributed by atoms with Gasteiger partial charge in [-0.1, -0.05) is 17.5 Å². The first-order chi connectivity index (χ1) is 6.24. The summed E-state index contributed by atoms with van der Waals surface area (Å²) in [4.78, 5) is 4.15. The molecule has 1 aromatic heterocycles. The molecular weight excluding hydrogens is 204 g/mol. The van der Waals surface area contributed by atoms with Gasteiger partial charge < -0.3 is 0 Å². The number of rotatable bonds is 0. The van der Waals surface area contributed by atoms with Gasteiger partial charge in [-0.15, -0.1) is 10.5 Å². The van der Waals surface area contributed by atoms with Crippen molar-refractivity contribution in [1.29, 1.82) is 5.26 Å². The number of hydrogen-bond acceptors (Lipinski definition) is 2. The second kappa shape index (κ2) is 2.99. The van der Waals surface area contributed by atoms with Crippen molar-refractivity contribution in [2.45, 2.75) is 5.03 Å². The molecular formula is C9H5ClN2S. The predicted octanol–water partition coefficient (Wildman–Crippen LogP) is 2.65. The van der Waals surface area contributed by atoms with Gasteiger partial charge >= 0.3 is 0 Å². The van der Waals surface area contributed by atoms with E-state index in [1.54, 1.807) is 0 Å². The Morgan fingerprint density at radius 1 is 1.62 bits per heavy atom. The summed E-state index contributed by atoms with van der Waals surface area (Å²) in [5.41, 5.74) is 1.27. The smallest absolute Gasteiger partial charge is 0.103 e. The Labute approximate surface area is 83.4 Å². The molecule has 1 aliphatic rings. The van der Waals surface area contributed by atoms with Crippen molar-refractivity contribution in [3.05, 3.63) is 27.8 Å². The second-order valence-electron chi connectivity index (χ2n) is 2.55. The van der Waals surface area contributed by atoms with E-state index in [1.807, 2.05) is 17.6 Å². The van der Waals surface area contributed by atoms with E-state index in [0.717, 1.165) is 10.6 Å². The van der Waals surface area contributed by atoms with Crippen molar-refractivity contribution in [3.63, 3.8) is 0 Å². The number of pyridine rings is 1. The SMILES string of the molecule is C=S1C=Cc2c1ncc(C#N)c2Cl. The van der Waals surface area contributed by atoms with Gasteiger partial charge in [-0.2, -0.15) is 5.26 Å². The minimum Gasteiger partial charge on any atom is -0.248 e. The first-order valence-corrected chi connectivity index (χ1v) is 5.37. The van der Waals surface area contributed by atoms with Crippen molar-refractivity contribution in [1.82, 2.24) is 4.98 Å². The molecule has 0 aromatic carbocycles. The molecule has 1 atom stereocenters. The van der Waals surface area contributed by atoms with Gasteiger partial charge in [0.1, 0.15) is 11.1 Å². The van der Waals surface area contributed by atoms with Gasteiger partial charge in [0, 0.05) is 11.8 Å². The van der Waals surface area contributed by atoms with Crippen LogP contribution in [0.2, 0.25) is 5.02 Å². The van der Waals surface area contributed by atoms with Crippen LogP contribution in [0.1, 0.15) is 11.1 Å². The van der Waals surface area contributed by atoms with Crippen LogP contribution in [0.3, 0.4) is 0 Å². The van der Waals surface area contributed by atoms with Crippen molar-refractivity contribution in [3.8, 4) is 6.07 Å². The summed E-state index contributed by atoms with van der Waals surface area (Å²) in [6, 6.07) is 1.99. The first kappa shape index (κ1) is 8.49. The monoisotopic (exact) mass is 208 g/mol. The highest BCUT2D eigenvalue weighted by Crippen LogP contribution is 2.39. The van der Waals surface area contributed by atoms with Crippen LogP contribution in [-0.4, -0.2) is 10.9 Å². The molecule has 0 radical (unpaired) electrons. The van der Waals surface area contributed by atoms with Crippen LogP contribution in [0.4, 0.5) is 0 Å². The molecule has 0 fully saturated rings. The van der Waals surface area contributed by atoms with E-state index in [-0.39, 0.29) is 10.5 Å². The second-order valence-corrected chi connectivity index (χ2v) is 4.44. The molecule has 1 aliphatic heterocycles. The van der Waals surface area contributed by atoms with Crippen molar-refractivity contribution in [2.24, 2.45) is 0 Å². The van der Waals surface area contributed by atoms with Crippen LogP contribution in [0.25, 0.3) is 6.08 Å². The van der Waals surface area contributed by atoms with Crippen molar-refractivity contribution >= 4 is 34.0 Å². The van der Waals surface area contributed by atoms with E-state index in [9.17, 15) is 0 Å². The highest BCUT2D eigenvalue weighted by molar-refractivity contribution is 8.17. The molecule has 1 aromatic rings. The zero-order valence-corrected chi connectivity index (χ0v) is 8.19. The molecule has 2 nitrogen and oxygen atoms in total. The summed E-state index contributed by atoms with van der Waals surface area (Å²) in [7, 11) is -0.204. The average Bonchev–Trinajstić information content (AvgIpc) is 2.50. The van der Waals surface area contributed by atoms with Crippen LogP contribution in [-0.2, 0) is 0 Å². The Bertz CT molecular complexity index is 471. The predicted molar refractivity (Wildman–Crippen MR) is 56.0 cm³/mol. The Morgan fingerprint density at radius 2 is 2.38 bits per heavy atom. The zero-order valence-electron chi connectivity index (χ0n) is 6.62. The standard InChI is InChI=1S/C9H5ClN2S/c1-13-3-2-7-8(10)6(4-11)5-12-9(7)13/h2-3,5H,1H2. The molecule has 0 saturated carbocycles. The van der Waals surface area contributed by atoms with Crippen LogP contribution in [0.5, 0.6) is 0 Å². The Balaban J connectivity index is 2.75. The van der Waals surface area contributed by atoms with Gasteiger partial charge in [-0.05, 0) is 11.5 Å². The van der Waals surface area contributed by atoms with Crippen LogP contribution in [0.15, 0.2) is 16.6 Å². The molecule has 13 heavy (non-hydrogen) atoms. The van der Waals surface area contributed by atoms with E-state index in [0.29, 0.717) is 10.6 Å². The van der Waals surface area contributed by atoms with Gasteiger partial charge in [-0.3, -0.25) is 0 Å². The number of nitrogens with zero attached hydrogens (tertiary/aromatic N) is 2. The largest absolute Gasteiger partial charge is 0.248 e. The van der Waals surface area contributed by atoms with Crippen LogP contribution in [0, 0.1) is 11.3 Å². The fourth-order valence-electron chi connectivity index (χ4n) is 1.13. The molecule has 4 heteroatoms. The highest BCUT2D eigenvalue weighted by Gasteiger charge is 2.15. The van der Waals surface area contributed by atoms with Gasteiger partial charge in [0.15, 0.2) is 0 Å². The zero-order chi connectivity index (χ0) is 9.42. The van der Waals surface area contributed by atoms with Crippen LogP contribution >= 0.6 is 22.1 Å². The van der Waals surface area contributed by atoms with Crippen molar-refractivity contribution in [2.75, 3.05) is 0 Å². The van der Waals surface area contributed by atoms with Crippen molar-refractivity contribution < 1.29 is 0 Å². The normalized spacial score (nSPS) is 18.3. The lowest BCUT2D eigenvalue weighted by molar-refractivity contribution is 1.12. The summed E-state index contributed by atoms with van der Waals surface area (Å²) in [6.45, 7) is 0. The molecule has 2 rings (SSSR count). The lowest BCUT2D eigenvalue weighted by Gasteiger charge is -2.02. The molecule has 1 unspecified atom stereocenters. The van der Waals surface area contributed by atoms with E-state index in [1.165, 1.54) is 6.20 Å². The maximum Gasteiger partial charge on any atom is 0.103 e. The summed E-state index contributed by atoms with van der Waals surface area (Å²) in [5, 5.41) is 12.0. The summed E-state index contributed by atoms with van der Waals surface area (Å²) >= 11 is 5.98. The maximum absolute atomic E-state index is 8.70. The minimum atomic E-state index is -0.204. The molecule has 0 amide bonds. The molecule has 0 aliphatic carbocycles. The van der Waals surface area contributed by atoms with E-state index in [4.69, 9.17) is 16.9 Å². The lowest BCUT2D eigenvalue weighted by atomic mass is 10.2. The fourth-order valence-corrected chi connectivity index (χ4v) is 2.50. The Kier molecular flexibility index (Phi) is 1.95. The number of fused-ring (bicyclic) bond motifs is 1. The lowest BCUT2D eigenvalue weighted by Crippen LogP contribution is -1.87. The number of hydrogen-bond donors (Lipinski definition) is 0. The Morgan fingerprint density at radius 3 is 3.08 bits per heavy atom. The van der Waals surface area contributed by atoms with Gasteiger partial charge in [-0.25, -0.2) is 4.98 Å². The van der Waals surface area contributed by atoms with E-state index >= 15 is 0 Å². The van der Waals surface area contributed by atoms with Gasteiger partial charge in [0.2, 0.25) is 0 Å². The average molecular weight is 209 g/mol. The summed E-state index contributed by atoms with van der Waals surface area (Å²) in [6.07, 6.45) is 3.38. The first-order valence-electron chi connectivity index (χ1n) is 3.53. The fraction of sp³-hybridized carbons (Fsp3) is 0.